The molecule has 1 aliphatic heterocycles. The summed E-state index contributed by atoms with van der Waals surface area (Å²) in [5.41, 5.74) is 1.31. The number of hydrogen-bond acceptors (Lipinski definition) is 3. The molecule has 0 aliphatic carbocycles. The Hall–Kier alpha value is -2.24. The zero-order valence-electron chi connectivity index (χ0n) is 13.2. The van der Waals surface area contributed by atoms with Crippen molar-refractivity contribution >= 4 is 12.2 Å². The van der Waals surface area contributed by atoms with Crippen molar-refractivity contribution in [3.63, 3.8) is 0 Å². The molecule has 23 heavy (non-hydrogen) atoms. The number of benzene rings is 1. The monoisotopic (exact) mass is 320 g/mol. The molecular weight excluding hydrogens is 296 g/mol. The van der Waals surface area contributed by atoms with E-state index in [1.165, 1.54) is 10.5 Å². The molecule has 2 N–H and O–H groups in total. The second-order valence-electron chi connectivity index (χ2n) is 5.74. The van der Waals surface area contributed by atoms with Crippen LogP contribution in [0.3, 0.4) is 0 Å². The van der Waals surface area contributed by atoms with E-state index < -0.39 is 12.2 Å². The zero-order valence-corrected chi connectivity index (χ0v) is 13.2. The molecule has 0 saturated carbocycles. The Morgan fingerprint density at radius 2 is 1.87 bits per heavy atom. The summed E-state index contributed by atoms with van der Waals surface area (Å²) in [5.74, 6) is 0. The van der Waals surface area contributed by atoms with Gasteiger partial charge < -0.3 is 20.1 Å². The van der Waals surface area contributed by atoms with Crippen molar-refractivity contribution in [2.24, 2.45) is 0 Å². The van der Waals surface area contributed by atoms with Gasteiger partial charge in [-0.3, -0.25) is 0 Å². The minimum Gasteiger partial charge on any atom is -0.465 e. The summed E-state index contributed by atoms with van der Waals surface area (Å²) in [5, 5.41) is 11.6. The fourth-order valence-corrected chi connectivity index (χ4v) is 2.65. The Bertz CT molecular complexity index is 499. The van der Waals surface area contributed by atoms with Crippen LogP contribution >= 0.6 is 0 Å². The number of rotatable bonds is 6. The fourth-order valence-electron chi connectivity index (χ4n) is 2.65. The average molecular weight is 320 g/mol. The smallest absolute Gasteiger partial charge is 0.407 e. The first-order valence-corrected chi connectivity index (χ1v) is 8.11. The summed E-state index contributed by atoms with van der Waals surface area (Å²) in [4.78, 5) is 23.8. The van der Waals surface area contributed by atoms with Gasteiger partial charge >= 0.3 is 12.2 Å². The molecule has 1 fully saturated rings. The summed E-state index contributed by atoms with van der Waals surface area (Å²) in [6.07, 6.45) is 2.55. The van der Waals surface area contributed by atoms with E-state index in [0.717, 1.165) is 19.3 Å². The molecule has 0 aromatic heterocycles. The average Bonchev–Trinajstić information content (AvgIpc) is 2.56. The minimum atomic E-state index is -0.911. The highest BCUT2D eigenvalue weighted by molar-refractivity contribution is 5.67. The SMILES string of the molecule is O=C(NCCCCc1ccccc1)OC1CCN(C(=O)O)CC1. The standard InChI is InChI=1S/C17H24N2O4/c20-16(23-15-9-12-19(13-10-15)17(21)22)18-11-5-4-8-14-6-2-1-3-7-14/h1-3,6-7,15H,4-5,8-13H2,(H,18,20)(H,21,22). The number of unbranched alkanes of at least 4 members (excludes halogenated alkanes) is 1. The minimum absolute atomic E-state index is 0.185. The van der Waals surface area contributed by atoms with Crippen molar-refractivity contribution in [1.82, 2.24) is 10.2 Å². The van der Waals surface area contributed by atoms with Gasteiger partial charge in [0.15, 0.2) is 0 Å². The van der Waals surface area contributed by atoms with Gasteiger partial charge in [-0.1, -0.05) is 30.3 Å². The molecule has 1 aromatic rings. The number of amides is 2. The topological polar surface area (TPSA) is 78.9 Å². The number of nitrogens with zero attached hydrogens (tertiary/aromatic N) is 1. The van der Waals surface area contributed by atoms with E-state index in [9.17, 15) is 9.59 Å². The van der Waals surface area contributed by atoms with Crippen molar-refractivity contribution in [3.05, 3.63) is 35.9 Å². The summed E-state index contributed by atoms with van der Waals surface area (Å²) < 4.78 is 5.31. The maximum absolute atomic E-state index is 11.7. The van der Waals surface area contributed by atoms with Crippen LogP contribution in [-0.2, 0) is 11.2 Å². The van der Waals surface area contributed by atoms with E-state index in [1.54, 1.807) is 0 Å². The van der Waals surface area contributed by atoms with Crippen molar-refractivity contribution in [1.29, 1.82) is 0 Å². The zero-order chi connectivity index (χ0) is 16.5. The first-order valence-electron chi connectivity index (χ1n) is 8.11. The first kappa shape index (κ1) is 17.1. The number of hydrogen-bond donors (Lipinski definition) is 2. The second kappa shape index (κ2) is 9.02. The number of nitrogens with one attached hydrogen (secondary N) is 1. The molecular formula is C17H24N2O4. The molecule has 126 valence electrons. The van der Waals surface area contributed by atoms with E-state index in [4.69, 9.17) is 9.84 Å². The number of carbonyl (C=O) groups excluding carboxylic acids is 1. The molecule has 0 unspecified atom stereocenters. The highest BCUT2D eigenvalue weighted by Crippen LogP contribution is 2.13. The van der Waals surface area contributed by atoms with Crippen LogP contribution in [-0.4, -0.2) is 47.9 Å². The third kappa shape index (κ3) is 6.18. The van der Waals surface area contributed by atoms with E-state index in [1.807, 2.05) is 18.2 Å². The van der Waals surface area contributed by atoms with Gasteiger partial charge in [-0.2, -0.15) is 0 Å². The van der Waals surface area contributed by atoms with Crippen molar-refractivity contribution < 1.29 is 19.4 Å². The van der Waals surface area contributed by atoms with Crippen LogP contribution in [0.1, 0.15) is 31.2 Å². The number of carboxylic acid groups (broad SMARTS) is 1. The predicted molar refractivity (Wildman–Crippen MR) is 86.5 cm³/mol. The summed E-state index contributed by atoms with van der Waals surface area (Å²) in [7, 11) is 0. The van der Waals surface area contributed by atoms with Gasteiger partial charge in [0.05, 0.1) is 0 Å². The van der Waals surface area contributed by atoms with Crippen LogP contribution in [0.2, 0.25) is 0 Å². The van der Waals surface area contributed by atoms with E-state index >= 15 is 0 Å². The van der Waals surface area contributed by atoms with Gasteiger partial charge in [0.2, 0.25) is 0 Å². The normalized spacial score (nSPS) is 15.2. The lowest BCUT2D eigenvalue weighted by Gasteiger charge is -2.29. The molecule has 0 atom stereocenters. The molecule has 6 nitrogen and oxygen atoms in total. The van der Waals surface area contributed by atoms with Gasteiger partial charge in [0.25, 0.3) is 0 Å². The molecule has 1 aliphatic rings. The van der Waals surface area contributed by atoms with Crippen LogP contribution in [0, 0.1) is 0 Å². The van der Waals surface area contributed by atoms with E-state index in [-0.39, 0.29) is 6.10 Å². The third-order valence-electron chi connectivity index (χ3n) is 3.99. The van der Waals surface area contributed by atoms with Gasteiger partial charge in [-0.15, -0.1) is 0 Å². The molecule has 0 spiro atoms. The Balaban J connectivity index is 1.53. The number of carbonyl (C=O) groups is 2. The maximum atomic E-state index is 11.7. The Kier molecular flexibility index (Phi) is 6.72. The lowest BCUT2D eigenvalue weighted by atomic mass is 10.1. The van der Waals surface area contributed by atoms with Crippen LogP contribution in [0.5, 0.6) is 0 Å². The van der Waals surface area contributed by atoms with Crippen molar-refractivity contribution in [2.75, 3.05) is 19.6 Å². The van der Waals surface area contributed by atoms with Gasteiger partial charge in [-0.05, 0) is 24.8 Å². The molecule has 0 bridgehead atoms. The van der Waals surface area contributed by atoms with Crippen LogP contribution in [0.25, 0.3) is 0 Å². The lowest BCUT2D eigenvalue weighted by Crippen LogP contribution is -2.41. The van der Waals surface area contributed by atoms with E-state index in [2.05, 4.69) is 17.4 Å². The molecule has 1 aromatic carbocycles. The van der Waals surface area contributed by atoms with Gasteiger partial charge in [0, 0.05) is 32.5 Å². The second-order valence-corrected chi connectivity index (χ2v) is 5.74. The molecule has 2 amide bonds. The Morgan fingerprint density at radius 3 is 2.52 bits per heavy atom. The Morgan fingerprint density at radius 1 is 1.17 bits per heavy atom. The van der Waals surface area contributed by atoms with Gasteiger partial charge in [0.1, 0.15) is 6.10 Å². The van der Waals surface area contributed by atoms with E-state index in [0.29, 0.717) is 32.5 Å². The van der Waals surface area contributed by atoms with Crippen molar-refractivity contribution in [3.8, 4) is 0 Å². The third-order valence-corrected chi connectivity index (χ3v) is 3.99. The number of likely N-dealkylation sites (tertiary alicyclic amines) is 1. The number of alkyl carbamates (subject to hydrolysis) is 1. The summed E-state index contributed by atoms with van der Waals surface area (Å²) >= 11 is 0. The summed E-state index contributed by atoms with van der Waals surface area (Å²) in [6.45, 7) is 1.44. The number of piperidine rings is 1. The Labute approximate surface area is 136 Å². The number of ether oxygens (including phenoxy) is 1. The molecule has 1 saturated heterocycles. The largest absolute Gasteiger partial charge is 0.465 e. The van der Waals surface area contributed by atoms with Crippen LogP contribution < -0.4 is 5.32 Å². The fraction of sp³-hybridized carbons (Fsp3) is 0.529. The summed E-state index contributed by atoms with van der Waals surface area (Å²) in [6, 6.07) is 10.3. The molecule has 2 rings (SSSR count). The van der Waals surface area contributed by atoms with Crippen LogP contribution in [0.4, 0.5) is 9.59 Å². The maximum Gasteiger partial charge on any atom is 0.407 e. The van der Waals surface area contributed by atoms with Gasteiger partial charge in [-0.25, -0.2) is 9.59 Å². The van der Waals surface area contributed by atoms with Crippen LogP contribution in [0.15, 0.2) is 30.3 Å². The quantitative estimate of drug-likeness (QED) is 0.790. The lowest BCUT2D eigenvalue weighted by molar-refractivity contribution is 0.0511. The molecule has 6 heteroatoms. The first-order chi connectivity index (χ1) is 11.1. The molecule has 1 heterocycles. The highest BCUT2D eigenvalue weighted by Gasteiger charge is 2.24. The number of aryl methyl sites for hydroxylation is 1. The molecule has 0 radical (unpaired) electrons. The van der Waals surface area contributed by atoms with Crippen molar-refractivity contribution in [2.45, 2.75) is 38.2 Å². The predicted octanol–water partition coefficient (Wildman–Crippen LogP) is 2.88. The highest BCUT2D eigenvalue weighted by atomic mass is 16.6.